The van der Waals surface area contributed by atoms with Gasteiger partial charge in [-0.15, -0.1) is 0 Å². The quantitative estimate of drug-likeness (QED) is 0.411. The first kappa shape index (κ1) is 21.7. The number of nitrogens with one attached hydrogen (secondary N) is 1. The fourth-order valence-corrected chi connectivity index (χ4v) is 4.33. The van der Waals surface area contributed by atoms with Gasteiger partial charge in [0, 0.05) is 11.1 Å². The first-order valence-electron chi connectivity index (χ1n) is 9.67. The van der Waals surface area contributed by atoms with Gasteiger partial charge in [-0.25, -0.2) is 13.2 Å². The smallest absolute Gasteiger partial charge is 0.338 e. The zero-order chi connectivity index (χ0) is 22.7. The Hall–Kier alpha value is -3.56. The van der Waals surface area contributed by atoms with Crippen LogP contribution < -0.4 is 18.9 Å². The summed E-state index contributed by atoms with van der Waals surface area (Å²) in [5.74, 6) is 0.650. The third-order valence-corrected chi connectivity index (χ3v) is 6.40. The molecule has 0 fully saturated rings. The number of rotatable bonds is 8. The maximum atomic E-state index is 12.5. The van der Waals surface area contributed by atoms with Gasteiger partial charge in [0.2, 0.25) is 15.8 Å². The number of benzene rings is 3. The van der Waals surface area contributed by atoms with E-state index in [9.17, 15) is 13.2 Å². The summed E-state index contributed by atoms with van der Waals surface area (Å²) in [5.41, 5.74) is 2.80. The van der Waals surface area contributed by atoms with Crippen molar-refractivity contribution in [1.82, 2.24) is 4.72 Å². The lowest BCUT2D eigenvalue weighted by Gasteiger charge is -2.18. The number of methoxy groups -OCH3 is 2. The Morgan fingerprint density at radius 2 is 1.69 bits per heavy atom. The molecule has 3 aromatic rings. The largest absolute Gasteiger partial charge is 0.493 e. The third-order valence-electron chi connectivity index (χ3n) is 5.01. The van der Waals surface area contributed by atoms with Crippen molar-refractivity contribution in [2.75, 3.05) is 21.0 Å². The Labute approximate surface area is 185 Å². The molecule has 1 aliphatic heterocycles. The molecule has 9 heteroatoms. The summed E-state index contributed by atoms with van der Waals surface area (Å²) >= 11 is 0. The first-order chi connectivity index (χ1) is 15.4. The maximum Gasteiger partial charge on any atom is 0.338 e. The topological polar surface area (TPSA) is 100 Å². The van der Waals surface area contributed by atoms with E-state index in [0.717, 1.165) is 11.1 Å². The van der Waals surface area contributed by atoms with Crippen LogP contribution in [0.3, 0.4) is 0 Å². The fraction of sp³-hybridized carbons (Fsp3) is 0.174. The molecular weight excluding hydrogens is 434 g/mol. The van der Waals surface area contributed by atoms with E-state index in [1.807, 2.05) is 6.07 Å². The molecule has 1 heterocycles. The van der Waals surface area contributed by atoms with Crippen LogP contribution in [-0.4, -0.2) is 35.3 Å². The van der Waals surface area contributed by atoms with E-state index in [4.69, 9.17) is 18.9 Å². The van der Waals surface area contributed by atoms with Gasteiger partial charge in [0.05, 0.1) is 24.7 Å². The van der Waals surface area contributed by atoms with Gasteiger partial charge >= 0.3 is 5.97 Å². The van der Waals surface area contributed by atoms with Crippen molar-refractivity contribution < 1.29 is 32.2 Å². The Morgan fingerprint density at radius 1 is 0.938 bits per heavy atom. The van der Waals surface area contributed by atoms with Gasteiger partial charge in [-0.3, -0.25) is 0 Å². The zero-order valence-corrected chi connectivity index (χ0v) is 18.3. The van der Waals surface area contributed by atoms with E-state index < -0.39 is 10.0 Å². The molecule has 8 nitrogen and oxygen atoms in total. The van der Waals surface area contributed by atoms with Crippen molar-refractivity contribution in [2.45, 2.75) is 11.5 Å². The normalized spacial score (nSPS) is 12.8. The number of sulfonamides is 1. The van der Waals surface area contributed by atoms with Gasteiger partial charge in [-0.1, -0.05) is 24.3 Å². The Bertz CT molecular complexity index is 1260. The number of esters is 1. The number of carbonyl (C=O) groups is 1. The van der Waals surface area contributed by atoms with Crippen LogP contribution in [0.15, 0.2) is 65.6 Å². The van der Waals surface area contributed by atoms with E-state index in [1.165, 1.54) is 26.4 Å². The monoisotopic (exact) mass is 455 g/mol. The number of hydrogen-bond donors (Lipinski definition) is 1. The summed E-state index contributed by atoms with van der Waals surface area (Å²) in [4.78, 5) is 11.9. The van der Waals surface area contributed by atoms with Gasteiger partial charge in [-0.05, 0) is 42.0 Å². The van der Waals surface area contributed by atoms with E-state index in [2.05, 4.69) is 4.72 Å². The molecule has 0 radical (unpaired) electrons. The van der Waals surface area contributed by atoms with Gasteiger partial charge in [0.1, 0.15) is 6.61 Å². The van der Waals surface area contributed by atoms with Crippen LogP contribution in [0.2, 0.25) is 0 Å². The number of ether oxygens (including phenoxy) is 4. The minimum atomic E-state index is -3.75. The second-order valence-electron chi connectivity index (χ2n) is 6.88. The molecule has 1 N–H and O–H groups in total. The van der Waals surface area contributed by atoms with E-state index in [-0.39, 0.29) is 30.0 Å². The average molecular weight is 455 g/mol. The molecule has 3 aromatic carbocycles. The summed E-state index contributed by atoms with van der Waals surface area (Å²) in [5, 5.41) is 0. The SMILES string of the molecule is COc1ccc(-c2ccc3c(c2)COC3=O)c(OC)c1OCNS(=O)(=O)c1ccccc1. The van der Waals surface area contributed by atoms with Gasteiger partial charge in [0.15, 0.2) is 18.2 Å². The summed E-state index contributed by atoms with van der Waals surface area (Å²) in [6.07, 6.45) is 0. The molecule has 0 bridgehead atoms. The lowest BCUT2D eigenvalue weighted by Crippen LogP contribution is -2.28. The van der Waals surface area contributed by atoms with Crippen LogP contribution >= 0.6 is 0 Å². The molecule has 4 rings (SSSR count). The molecule has 0 amide bonds. The number of fused-ring (bicyclic) bond motifs is 1. The highest BCUT2D eigenvalue weighted by Gasteiger charge is 2.24. The fourth-order valence-electron chi connectivity index (χ4n) is 3.44. The predicted molar refractivity (Wildman–Crippen MR) is 116 cm³/mol. The van der Waals surface area contributed by atoms with E-state index in [0.29, 0.717) is 22.6 Å². The molecule has 32 heavy (non-hydrogen) atoms. The molecular formula is C23H21NO7S. The van der Waals surface area contributed by atoms with Crippen LogP contribution in [0.25, 0.3) is 11.1 Å². The summed E-state index contributed by atoms with van der Waals surface area (Å²) in [6, 6.07) is 16.9. The Balaban J connectivity index is 1.63. The van der Waals surface area contributed by atoms with Crippen molar-refractivity contribution in [1.29, 1.82) is 0 Å². The van der Waals surface area contributed by atoms with Crippen LogP contribution in [-0.2, 0) is 21.4 Å². The predicted octanol–water partition coefficient (Wildman–Crippen LogP) is 3.36. The summed E-state index contributed by atoms with van der Waals surface area (Å²) in [7, 11) is -0.781. The number of carbonyl (C=O) groups excluding carboxylic acids is 1. The molecule has 166 valence electrons. The van der Waals surface area contributed by atoms with Crippen LogP contribution in [0.4, 0.5) is 0 Å². The van der Waals surface area contributed by atoms with Gasteiger partial charge < -0.3 is 18.9 Å². The highest BCUT2D eigenvalue weighted by atomic mass is 32.2. The van der Waals surface area contributed by atoms with Gasteiger partial charge in [-0.2, -0.15) is 4.72 Å². The minimum Gasteiger partial charge on any atom is -0.493 e. The third kappa shape index (κ3) is 4.12. The summed E-state index contributed by atoms with van der Waals surface area (Å²) in [6.45, 7) is -0.120. The van der Waals surface area contributed by atoms with Crippen LogP contribution in [0, 0.1) is 0 Å². The molecule has 0 aromatic heterocycles. The Kier molecular flexibility index (Phi) is 6.02. The number of cyclic esters (lactones) is 1. The highest BCUT2D eigenvalue weighted by molar-refractivity contribution is 7.89. The van der Waals surface area contributed by atoms with Crippen molar-refractivity contribution in [2.24, 2.45) is 0 Å². The second kappa shape index (κ2) is 8.89. The molecule has 0 saturated carbocycles. The van der Waals surface area contributed by atoms with Gasteiger partial charge in [0.25, 0.3) is 0 Å². The van der Waals surface area contributed by atoms with Crippen molar-refractivity contribution in [3.8, 4) is 28.4 Å². The van der Waals surface area contributed by atoms with Crippen LogP contribution in [0.5, 0.6) is 17.2 Å². The van der Waals surface area contributed by atoms with Crippen molar-refractivity contribution in [3.05, 3.63) is 71.8 Å². The molecule has 1 aliphatic rings. The second-order valence-corrected chi connectivity index (χ2v) is 8.64. The maximum absolute atomic E-state index is 12.5. The molecule has 0 saturated heterocycles. The van der Waals surface area contributed by atoms with Crippen LogP contribution in [0.1, 0.15) is 15.9 Å². The standard InChI is InChI=1S/C23H21NO7S/c1-28-20-11-10-18(15-8-9-19-16(12-15)13-30-23(19)25)21(29-2)22(20)31-14-24-32(26,27)17-6-4-3-5-7-17/h3-12,24H,13-14H2,1-2H3. The van der Waals surface area contributed by atoms with Crippen molar-refractivity contribution in [3.63, 3.8) is 0 Å². The zero-order valence-electron chi connectivity index (χ0n) is 17.5. The lowest BCUT2D eigenvalue weighted by atomic mass is 9.99. The summed E-state index contributed by atoms with van der Waals surface area (Å²) < 4.78 is 49.2. The Morgan fingerprint density at radius 3 is 2.41 bits per heavy atom. The lowest BCUT2D eigenvalue weighted by molar-refractivity contribution is 0.0535. The average Bonchev–Trinajstić information content (AvgIpc) is 3.19. The first-order valence-corrected chi connectivity index (χ1v) is 11.2. The van der Waals surface area contributed by atoms with Crippen molar-refractivity contribution >= 4 is 16.0 Å². The molecule has 0 unspecified atom stereocenters. The molecule has 0 spiro atoms. The minimum absolute atomic E-state index is 0.131. The van der Waals surface area contributed by atoms with E-state index in [1.54, 1.807) is 42.5 Å². The molecule has 0 aliphatic carbocycles. The highest BCUT2D eigenvalue weighted by Crippen LogP contribution is 2.45. The molecule has 0 atom stereocenters. The van der Waals surface area contributed by atoms with E-state index >= 15 is 0 Å². The number of hydrogen-bond acceptors (Lipinski definition) is 7.